The monoisotopic (exact) mass is 212 g/mol. The van der Waals surface area contributed by atoms with Crippen LogP contribution in [0.2, 0.25) is 0 Å². The van der Waals surface area contributed by atoms with Crippen molar-refractivity contribution >= 4 is 5.97 Å². The van der Waals surface area contributed by atoms with Gasteiger partial charge in [0.1, 0.15) is 6.33 Å². The Bertz CT molecular complexity index is 332. The van der Waals surface area contributed by atoms with E-state index in [-0.39, 0.29) is 0 Å². The number of aromatic nitrogens is 4. The van der Waals surface area contributed by atoms with Crippen LogP contribution in [0.15, 0.2) is 6.33 Å². The molecule has 82 valence electrons. The highest BCUT2D eigenvalue weighted by Gasteiger charge is 2.40. The molecule has 1 N–H and O–H groups in total. The smallest absolute Gasteiger partial charge is 0.311 e. The van der Waals surface area contributed by atoms with Gasteiger partial charge in [-0.1, -0.05) is 0 Å². The Labute approximate surface area is 86.0 Å². The molecule has 7 heteroatoms. The van der Waals surface area contributed by atoms with Crippen molar-refractivity contribution in [1.82, 2.24) is 20.2 Å². The van der Waals surface area contributed by atoms with E-state index in [1.807, 2.05) is 0 Å². The van der Waals surface area contributed by atoms with Gasteiger partial charge in [0.2, 0.25) is 0 Å². The Morgan fingerprint density at radius 3 is 2.80 bits per heavy atom. The van der Waals surface area contributed by atoms with Gasteiger partial charge in [0.05, 0.1) is 12.0 Å². The minimum absolute atomic E-state index is 0.304. The third-order valence-electron chi connectivity index (χ3n) is 2.76. The van der Waals surface area contributed by atoms with E-state index in [9.17, 15) is 9.90 Å². The van der Waals surface area contributed by atoms with E-state index in [0.29, 0.717) is 32.6 Å². The molecule has 0 amide bonds. The molecule has 15 heavy (non-hydrogen) atoms. The SMILES string of the molecule is O=C(O)C1(Cn2cnnn2)CCOCC1. The molecule has 1 aromatic rings. The maximum atomic E-state index is 11.3. The first-order valence-electron chi connectivity index (χ1n) is 4.75. The molecule has 0 spiro atoms. The molecule has 0 saturated carbocycles. The van der Waals surface area contributed by atoms with Gasteiger partial charge in [0, 0.05) is 13.2 Å². The first-order valence-corrected chi connectivity index (χ1v) is 4.75. The van der Waals surface area contributed by atoms with Gasteiger partial charge < -0.3 is 9.84 Å². The van der Waals surface area contributed by atoms with E-state index in [0.717, 1.165) is 0 Å². The molecule has 1 aromatic heterocycles. The lowest BCUT2D eigenvalue weighted by Crippen LogP contribution is -2.41. The lowest BCUT2D eigenvalue weighted by molar-refractivity contribution is -0.156. The maximum absolute atomic E-state index is 11.3. The van der Waals surface area contributed by atoms with Gasteiger partial charge in [0.25, 0.3) is 0 Å². The Balaban J connectivity index is 2.15. The molecule has 7 nitrogen and oxygen atoms in total. The summed E-state index contributed by atoms with van der Waals surface area (Å²) in [6, 6.07) is 0. The fraction of sp³-hybridized carbons (Fsp3) is 0.750. The molecule has 0 unspecified atom stereocenters. The van der Waals surface area contributed by atoms with Gasteiger partial charge in [-0.3, -0.25) is 4.79 Å². The number of hydrogen-bond donors (Lipinski definition) is 1. The first kappa shape index (κ1) is 10.0. The summed E-state index contributed by atoms with van der Waals surface area (Å²) in [7, 11) is 0. The van der Waals surface area contributed by atoms with Crippen molar-refractivity contribution in [2.24, 2.45) is 5.41 Å². The average molecular weight is 212 g/mol. The number of carbonyl (C=O) groups is 1. The van der Waals surface area contributed by atoms with Gasteiger partial charge >= 0.3 is 5.97 Å². The summed E-state index contributed by atoms with van der Waals surface area (Å²) >= 11 is 0. The molecule has 2 rings (SSSR count). The summed E-state index contributed by atoms with van der Waals surface area (Å²) in [6.45, 7) is 1.27. The molecular weight excluding hydrogens is 200 g/mol. The molecule has 0 radical (unpaired) electrons. The number of aliphatic carboxylic acids is 1. The van der Waals surface area contributed by atoms with Crippen LogP contribution in [0.5, 0.6) is 0 Å². The third-order valence-corrected chi connectivity index (χ3v) is 2.76. The molecule has 1 saturated heterocycles. The lowest BCUT2D eigenvalue weighted by Gasteiger charge is -2.32. The van der Waals surface area contributed by atoms with Crippen LogP contribution in [-0.2, 0) is 16.1 Å². The van der Waals surface area contributed by atoms with Gasteiger partial charge in [-0.25, -0.2) is 4.68 Å². The van der Waals surface area contributed by atoms with Crippen LogP contribution in [0.25, 0.3) is 0 Å². The minimum atomic E-state index is -0.804. The highest BCUT2D eigenvalue weighted by atomic mass is 16.5. The topological polar surface area (TPSA) is 90.1 Å². The molecule has 2 heterocycles. The van der Waals surface area contributed by atoms with Crippen LogP contribution in [0.1, 0.15) is 12.8 Å². The molecule has 1 fully saturated rings. The third kappa shape index (κ3) is 1.96. The number of ether oxygens (including phenoxy) is 1. The van der Waals surface area contributed by atoms with Crippen molar-refractivity contribution in [3.05, 3.63) is 6.33 Å². The second-order valence-corrected chi connectivity index (χ2v) is 3.71. The van der Waals surface area contributed by atoms with Crippen molar-refractivity contribution in [3.8, 4) is 0 Å². The predicted octanol–water partition coefficient (Wildman–Crippen LogP) is -0.446. The summed E-state index contributed by atoms with van der Waals surface area (Å²) in [5.74, 6) is -0.804. The number of carboxylic acid groups (broad SMARTS) is 1. The Morgan fingerprint density at radius 2 is 2.27 bits per heavy atom. The standard InChI is InChI=1S/C8H12N4O3/c13-7(14)8(1-3-15-4-2-8)5-12-6-9-10-11-12/h6H,1-5H2,(H,13,14). The van der Waals surface area contributed by atoms with Crippen LogP contribution in [0, 0.1) is 5.41 Å². The molecule has 0 aliphatic carbocycles. The molecule has 0 bridgehead atoms. The normalized spacial score (nSPS) is 20.0. The van der Waals surface area contributed by atoms with Crippen LogP contribution < -0.4 is 0 Å². The van der Waals surface area contributed by atoms with Crippen molar-refractivity contribution in [1.29, 1.82) is 0 Å². The molecule has 1 aliphatic heterocycles. The zero-order chi connectivity index (χ0) is 10.7. The fourth-order valence-corrected chi connectivity index (χ4v) is 1.76. The van der Waals surface area contributed by atoms with E-state index in [1.54, 1.807) is 0 Å². The number of nitrogens with zero attached hydrogens (tertiary/aromatic N) is 4. The number of carboxylic acids is 1. The van der Waals surface area contributed by atoms with E-state index in [1.165, 1.54) is 11.0 Å². The number of rotatable bonds is 3. The molecule has 0 aromatic carbocycles. The maximum Gasteiger partial charge on any atom is 0.311 e. The quantitative estimate of drug-likeness (QED) is 0.730. The van der Waals surface area contributed by atoms with Crippen molar-refractivity contribution in [3.63, 3.8) is 0 Å². The zero-order valence-electron chi connectivity index (χ0n) is 8.17. The summed E-state index contributed by atoms with van der Waals surface area (Å²) < 4.78 is 6.63. The Morgan fingerprint density at radius 1 is 1.53 bits per heavy atom. The van der Waals surface area contributed by atoms with Crippen molar-refractivity contribution < 1.29 is 14.6 Å². The summed E-state index contributed by atoms with van der Waals surface area (Å²) in [4.78, 5) is 11.3. The number of hydrogen-bond acceptors (Lipinski definition) is 5. The second-order valence-electron chi connectivity index (χ2n) is 3.71. The zero-order valence-corrected chi connectivity index (χ0v) is 8.17. The highest BCUT2D eigenvalue weighted by molar-refractivity contribution is 5.74. The summed E-state index contributed by atoms with van der Waals surface area (Å²) in [6.07, 6.45) is 2.44. The van der Waals surface area contributed by atoms with E-state index < -0.39 is 11.4 Å². The van der Waals surface area contributed by atoms with Crippen LogP contribution in [0.4, 0.5) is 0 Å². The Hall–Kier alpha value is -1.50. The van der Waals surface area contributed by atoms with Crippen molar-refractivity contribution in [2.45, 2.75) is 19.4 Å². The average Bonchev–Trinajstić information content (AvgIpc) is 2.71. The van der Waals surface area contributed by atoms with E-state index in [2.05, 4.69) is 15.5 Å². The fourth-order valence-electron chi connectivity index (χ4n) is 1.76. The van der Waals surface area contributed by atoms with Gasteiger partial charge in [-0.05, 0) is 23.3 Å². The molecular formula is C8H12N4O3. The van der Waals surface area contributed by atoms with E-state index >= 15 is 0 Å². The number of tetrazole rings is 1. The van der Waals surface area contributed by atoms with E-state index in [4.69, 9.17) is 4.74 Å². The largest absolute Gasteiger partial charge is 0.481 e. The Kier molecular flexibility index (Phi) is 2.63. The summed E-state index contributed by atoms with van der Waals surface area (Å²) in [5, 5.41) is 19.9. The highest BCUT2D eigenvalue weighted by Crippen LogP contribution is 2.32. The van der Waals surface area contributed by atoms with Crippen LogP contribution >= 0.6 is 0 Å². The van der Waals surface area contributed by atoms with Crippen LogP contribution in [0.3, 0.4) is 0 Å². The molecule has 0 atom stereocenters. The lowest BCUT2D eigenvalue weighted by atomic mass is 9.80. The van der Waals surface area contributed by atoms with Gasteiger partial charge in [-0.2, -0.15) is 0 Å². The predicted molar refractivity (Wildman–Crippen MR) is 47.9 cm³/mol. The molecule has 1 aliphatic rings. The summed E-state index contributed by atoms with van der Waals surface area (Å²) in [5.41, 5.74) is -0.784. The van der Waals surface area contributed by atoms with Crippen molar-refractivity contribution in [2.75, 3.05) is 13.2 Å². The first-order chi connectivity index (χ1) is 7.23. The minimum Gasteiger partial charge on any atom is -0.481 e. The second kappa shape index (κ2) is 3.93. The van der Waals surface area contributed by atoms with Crippen LogP contribution in [-0.4, -0.2) is 44.5 Å². The van der Waals surface area contributed by atoms with Gasteiger partial charge in [0.15, 0.2) is 0 Å². The van der Waals surface area contributed by atoms with Gasteiger partial charge in [-0.15, -0.1) is 5.10 Å².